The van der Waals surface area contributed by atoms with Gasteiger partial charge in [-0.1, -0.05) is 43.2 Å². The highest BCUT2D eigenvalue weighted by molar-refractivity contribution is 5.14. The first-order chi connectivity index (χ1) is 7.43. The summed E-state index contributed by atoms with van der Waals surface area (Å²) in [7, 11) is 0. The van der Waals surface area contributed by atoms with Crippen molar-refractivity contribution in [1.82, 2.24) is 5.32 Å². The average Bonchev–Trinajstić information content (AvgIpc) is 2.29. The Morgan fingerprint density at radius 1 is 0.933 bits per heavy atom. The third-order valence-electron chi connectivity index (χ3n) is 2.43. The molecule has 0 atom stereocenters. The van der Waals surface area contributed by atoms with Crippen molar-refractivity contribution >= 4 is 0 Å². The summed E-state index contributed by atoms with van der Waals surface area (Å²) in [5.74, 6) is 0. The molecule has 0 bridgehead atoms. The topological polar surface area (TPSA) is 32.3 Å². The Balaban J connectivity index is 1.93. The van der Waals surface area contributed by atoms with Crippen LogP contribution in [0.5, 0.6) is 0 Å². The Hall–Kier alpha value is -0.860. The lowest BCUT2D eigenvalue weighted by atomic mass is 10.2. The van der Waals surface area contributed by atoms with E-state index in [0.717, 1.165) is 25.9 Å². The first-order valence-electron chi connectivity index (χ1n) is 5.79. The number of aliphatic hydroxyl groups excluding tert-OH is 1. The van der Waals surface area contributed by atoms with Crippen LogP contribution in [0.25, 0.3) is 0 Å². The van der Waals surface area contributed by atoms with Crippen molar-refractivity contribution in [2.75, 3.05) is 13.2 Å². The van der Waals surface area contributed by atoms with Crippen molar-refractivity contribution in [3.05, 3.63) is 35.9 Å². The van der Waals surface area contributed by atoms with Crippen LogP contribution in [0.1, 0.15) is 31.2 Å². The molecule has 1 rings (SSSR count). The molecule has 0 aromatic heterocycles. The van der Waals surface area contributed by atoms with Crippen molar-refractivity contribution in [3.63, 3.8) is 0 Å². The van der Waals surface area contributed by atoms with Gasteiger partial charge in [-0.3, -0.25) is 0 Å². The van der Waals surface area contributed by atoms with Crippen LogP contribution < -0.4 is 5.32 Å². The number of hydrogen-bond acceptors (Lipinski definition) is 2. The molecule has 0 aliphatic carbocycles. The largest absolute Gasteiger partial charge is 0.396 e. The highest BCUT2D eigenvalue weighted by atomic mass is 16.2. The zero-order chi connectivity index (χ0) is 10.8. The van der Waals surface area contributed by atoms with E-state index in [9.17, 15) is 0 Å². The summed E-state index contributed by atoms with van der Waals surface area (Å²) in [6.45, 7) is 2.36. The Bertz CT molecular complexity index is 236. The van der Waals surface area contributed by atoms with Gasteiger partial charge in [0.2, 0.25) is 0 Å². The van der Waals surface area contributed by atoms with E-state index in [2.05, 4.69) is 29.6 Å². The Labute approximate surface area is 92.3 Å². The maximum Gasteiger partial charge on any atom is 0.0431 e. The summed E-state index contributed by atoms with van der Waals surface area (Å²) in [5.41, 5.74) is 1.34. The SMILES string of the molecule is OCCCCCCNCc1ccccc1. The second-order valence-corrected chi connectivity index (χ2v) is 3.80. The summed E-state index contributed by atoms with van der Waals surface area (Å²) in [6, 6.07) is 10.5. The smallest absolute Gasteiger partial charge is 0.0431 e. The molecule has 1 aromatic rings. The van der Waals surface area contributed by atoms with Crippen LogP contribution in [-0.4, -0.2) is 18.3 Å². The van der Waals surface area contributed by atoms with E-state index in [1.807, 2.05) is 6.07 Å². The van der Waals surface area contributed by atoms with E-state index >= 15 is 0 Å². The zero-order valence-electron chi connectivity index (χ0n) is 9.28. The minimum Gasteiger partial charge on any atom is -0.396 e. The third kappa shape index (κ3) is 6.26. The molecule has 0 aliphatic heterocycles. The fourth-order valence-electron chi connectivity index (χ4n) is 1.54. The molecule has 2 N–H and O–H groups in total. The normalized spacial score (nSPS) is 10.5. The van der Waals surface area contributed by atoms with Crippen molar-refractivity contribution in [1.29, 1.82) is 0 Å². The predicted octanol–water partition coefficient (Wildman–Crippen LogP) is 2.33. The summed E-state index contributed by atoms with van der Waals surface area (Å²) in [5, 5.41) is 12.0. The van der Waals surface area contributed by atoms with E-state index < -0.39 is 0 Å². The molecule has 84 valence electrons. The average molecular weight is 207 g/mol. The lowest BCUT2D eigenvalue weighted by Crippen LogP contribution is -2.14. The maximum atomic E-state index is 8.60. The van der Waals surface area contributed by atoms with Crippen LogP contribution in [0, 0.1) is 0 Å². The van der Waals surface area contributed by atoms with Gasteiger partial charge in [0.15, 0.2) is 0 Å². The number of unbranched alkanes of at least 4 members (excludes halogenated alkanes) is 3. The van der Waals surface area contributed by atoms with Crippen LogP contribution in [0.2, 0.25) is 0 Å². The van der Waals surface area contributed by atoms with Crippen molar-refractivity contribution in [2.45, 2.75) is 32.2 Å². The molecule has 0 saturated heterocycles. The number of benzene rings is 1. The molecule has 0 saturated carbocycles. The van der Waals surface area contributed by atoms with Gasteiger partial charge in [-0.15, -0.1) is 0 Å². The van der Waals surface area contributed by atoms with Crippen LogP contribution in [0.4, 0.5) is 0 Å². The van der Waals surface area contributed by atoms with Gasteiger partial charge in [-0.05, 0) is 24.9 Å². The minimum atomic E-state index is 0.331. The molecular formula is C13H21NO. The minimum absolute atomic E-state index is 0.331. The number of aliphatic hydroxyl groups is 1. The molecular weight excluding hydrogens is 186 g/mol. The van der Waals surface area contributed by atoms with Gasteiger partial charge in [0.05, 0.1) is 0 Å². The van der Waals surface area contributed by atoms with Crippen molar-refractivity contribution < 1.29 is 5.11 Å². The molecule has 0 aliphatic rings. The Morgan fingerprint density at radius 2 is 1.67 bits per heavy atom. The van der Waals surface area contributed by atoms with Crippen LogP contribution in [-0.2, 0) is 6.54 Å². The molecule has 15 heavy (non-hydrogen) atoms. The maximum absolute atomic E-state index is 8.60. The van der Waals surface area contributed by atoms with E-state index in [-0.39, 0.29) is 0 Å². The predicted molar refractivity (Wildman–Crippen MR) is 63.7 cm³/mol. The highest BCUT2D eigenvalue weighted by Gasteiger charge is 1.91. The molecule has 0 spiro atoms. The monoisotopic (exact) mass is 207 g/mol. The van der Waals surface area contributed by atoms with Crippen LogP contribution in [0.3, 0.4) is 0 Å². The first-order valence-corrected chi connectivity index (χ1v) is 5.79. The van der Waals surface area contributed by atoms with Gasteiger partial charge in [-0.2, -0.15) is 0 Å². The molecule has 2 heteroatoms. The van der Waals surface area contributed by atoms with Gasteiger partial charge in [0, 0.05) is 13.2 Å². The van der Waals surface area contributed by atoms with Gasteiger partial charge in [0.1, 0.15) is 0 Å². The molecule has 0 amide bonds. The van der Waals surface area contributed by atoms with Gasteiger partial charge < -0.3 is 10.4 Å². The number of hydrogen-bond donors (Lipinski definition) is 2. The van der Waals surface area contributed by atoms with E-state index in [0.29, 0.717) is 6.61 Å². The van der Waals surface area contributed by atoms with Gasteiger partial charge in [0.25, 0.3) is 0 Å². The summed E-state index contributed by atoms with van der Waals surface area (Å²) < 4.78 is 0. The quantitative estimate of drug-likeness (QED) is 0.641. The zero-order valence-corrected chi connectivity index (χ0v) is 9.28. The van der Waals surface area contributed by atoms with Crippen molar-refractivity contribution in [3.8, 4) is 0 Å². The molecule has 0 radical (unpaired) electrons. The summed E-state index contributed by atoms with van der Waals surface area (Å²) in [4.78, 5) is 0. The van der Waals surface area contributed by atoms with Crippen LogP contribution in [0.15, 0.2) is 30.3 Å². The van der Waals surface area contributed by atoms with Crippen LogP contribution >= 0.6 is 0 Å². The third-order valence-corrected chi connectivity index (χ3v) is 2.43. The summed E-state index contributed by atoms with van der Waals surface area (Å²) in [6.07, 6.45) is 4.50. The molecule has 0 unspecified atom stereocenters. The van der Waals surface area contributed by atoms with Gasteiger partial charge >= 0.3 is 0 Å². The number of nitrogens with one attached hydrogen (secondary N) is 1. The van der Waals surface area contributed by atoms with Gasteiger partial charge in [-0.25, -0.2) is 0 Å². The lowest BCUT2D eigenvalue weighted by Gasteiger charge is -2.04. The Kier molecular flexibility index (Phi) is 6.88. The fraction of sp³-hybridized carbons (Fsp3) is 0.538. The summed E-state index contributed by atoms with van der Waals surface area (Å²) >= 11 is 0. The lowest BCUT2D eigenvalue weighted by molar-refractivity contribution is 0.282. The van der Waals surface area contributed by atoms with E-state index in [1.54, 1.807) is 0 Å². The molecule has 2 nitrogen and oxygen atoms in total. The number of rotatable bonds is 8. The molecule has 1 aromatic carbocycles. The first kappa shape index (κ1) is 12.2. The van der Waals surface area contributed by atoms with Crippen molar-refractivity contribution in [2.24, 2.45) is 0 Å². The van der Waals surface area contributed by atoms with E-state index in [1.165, 1.54) is 18.4 Å². The second-order valence-electron chi connectivity index (χ2n) is 3.80. The second kappa shape index (κ2) is 8.45. The molecule has 0 heterocycles. The standard InChI is InChI=1S/C13H21NO/c15-11-7-2-1-6-10-14-12-13-8-4-3-5-9-13/h3-5,8-9,14-15H,1-2,6-7,10-12H2. The highest BCUT2D eigenvalue weighted by Crippen LogP contribution is 1.99. The Morgan fingerprint density at radius 3 is 2.40 bits per heavy atom. The fourth-order valence-corrected chi connectivity index (χ4v) is 1.54. The molecule has 0 fully saturated rings. The van der Waals surface area contributed by atoms with E-state index in [4.69, 9.17) is 5.11 Å².